The number of carbonyl (C=O) groups is 4. The molecule has 278 valence electrons. The molecule has 4 atom stereocenters. The lowest BCUT2D eigenvalue weighted by atomic mass is 10.0. The van der Waals surface area contributed by atoms with Gasteiger partial charge in [-0.05, 0) is 72.5 Å². The average molecular weight is 810 g/mol. The van der Waals surface area contributed by atoms with Crippen LogP contribution >= 0.6 is 46.7 Å². The maximum atomic E-state index is 13.7. The summed E-state index contributed by atoms with van der Waals surface area (Å²) in [6, 6.07) is 36.5. The molecule has 2 fully saturated rings. The fourth-order valence-corrected chi connectivity index (χ4v) is 9.35. The highest BCUT2D eigenvalue weighted by Gasteiger charge is 2.43. The van der Waals surface area contributed by atoms with Gasteiger partial charge in [0.05, 0.1) is 21.9 Å². The highest BCUT2D eigenvalue weighted by atomic mass is 35.5. The number of halogens is 2. The molecule has 14 heteroatoms. The zero-order valence-corrected chi connectivity index (χ0v) is 32.4. The second kappa shape index (κ2) is 18.4. The van der Waals surface area contributed by atoms with Gasteiger partial charge in [0.1, 0.15) is 22.6 Å². The molecule has 4 aromatic rings. The van der Waals surface area contributed by atoms with Crippen molar-refractivity contribution < 1.29 is 19.2 Å². The van der Waals surface area contributed by atoms with Gasteiger partial charge in [0.15, 0.2) is 0 Å². The minimum atomic E-state index is -1.09. The molecule has 0 unspecified atom stereocenters. The van der Waals surface area contributed by atoms with Gasteiger partial charge in [0.2, 0.25) is 17.7 Å². The molecule has 2 heterocycles. The van der Waals surface area contributed by atoms with E-state index in [0.717, 1.165) is 22.9 Å². The number of anilines is 2. The van der Waals surface area contributed by atoms with Gasteiger partial charge >= 0.3 is 0 Å². The Bertz CT molecular complexity index is 2160. The van der Waals surface area contributed by atoms with Crippen molar-refractivity contribution in [3.05, 3.63) is 141 Å². The molecule has 4 amide bonds. The topological polar surface area (TPSA) is 146 Å². The van der Waals surface area contributed by atoms with Gasteiger partial charge in [0.25, 0.3) is 5.91 Å². The normalized spacial score (nSPS) is 19.4. The first kappa shape index (κ1) is 39.5. The van der Waals surface area contributed by atoms with E-state index in [0.29, 0.717) is 34.3 Å². The van der Waals surface area contributed by atoms with Crippen LogP contribution in [0.1, 0.15) is 17.5 Å². The number of para-hydroxylation sites is 2. The molecule has 0 aliphatic carbocycles. The summed E-state index contributed by atoms with van der Waals surface area (Å²) in [7, 11) is 0. The van der Waals surface area contributed by atoms with Gasteiger partial charge < -0.3 is 10.6 Å². The largest absolute Gasteiger partial charge is 0.353 e. The van der Waals surface area contributed by atoms with E-state index in [-0.39, 0.29) is 41.9 Å². The van der Waals surface area contributed by atoms with E-state index < -0.39 is 33.6 Å². The Labute approximate surface area is 337 Å². The number of nitrogens with one attached hydrogen (secondary N) is 2. The molecular weight excluding hydrogens is 776 g/mol. The van der Waals surface area contributed by atoms with E-state index in [9.17, 15) is 29.7 Å². The van der Waals surface area contributed by atoms with E-state index in [4.69, 9.17) is 23.2 Å². The summed E-state index contributed by atoms with van der Waals surface area (Å²) < 4.78 is 0. The van der Waals surface area contributed by atoms with Crippen molar-refractivity contribution in [2.24, 2.45) is 5.92 Å². The molecule has 0 aromatic heterocycles. The highest BCUT2D eigenvalue weighted by molar-refractivity contribution is 8.05. The summed E-state index contributed by atoms with van der Waals surface area (Å²) in [6.07, 6.45) is 0.905. The van der Waals surface area contributed by atoms with Crippen LogP contribution in [0.4, 0.5) is 11.4 Å². The van der Waals surface area contributed by atoms with Gasteiger partial charge in [0, 0.05) is 40.9 Å². The first-order valence-electron chi connectivity index (χ1n) is 17.3. The molecule has 10 nitrogen and oxygen atoms in total. The molecule has 4 aromatic carbocycles. The van der Waals surface area contributed by atoms with Crippen molar-refractivity contribution in [1.82, 2.24) is 10.6 Å². The third-order valence-electron chi connectivity index (χ3n) is 8.96. The standard InChI is InChI=1S/C41H34Cl2N6O4S2/c42-29-15-11-26(12-16-29)21-34-39(52)48(31-7-3-1-4-8-31)36(54-34)23-28(24-44)37(50)46-19-20-47-38(51)33(25-45)41-49(32-9-5-2-6-10-32)40(53)35(55-41)22-27-13-17-30(43)18-14-27/h1-18,28,34-36H,19-23H2,(H,46,50)(H,47,51)/b41-33-/t28-,34+,35-,36-/m0/s1. The number of benzene rings is 4. The molecule has 0 radical (unpaired) electrons. The van der Waals surface area contributed by atoms with E-state index in [1.165, 1.54) is 16.7 Å². The van der Waals surface area contributed by atoms with Crippen molar-refractivity contribution in [2.45, 2.75) is 35.1 Å². The van der Waals surface area contributed by atoms with Crippen molar-refractivity contribution in [3.63, 3.8) is 0 Å². The Morgan fingerprint density at radius 1 is 0.727 bits per heavy atom. The minimum Gasteiger partial charge on any atom is -0.353 e. The summed E-state index contributed by atoms with van der Waals surface area (Å²) in [5.41, 5.74) is 2.78. The van der Waals surface area contributed by atoms with Gasteiger partial charge in [-0.1, -0.05) is 95.6 Å². The molecule has 2 aliphatic heterocycles. The van der Waals surface area contributed by atoms with Crippen molar-refractivity contribution in [2.75, 3.05) is 22.9 Å². The van der Waals surface area contributed by atoms with Crippen molar-refractivity contribution in [1.29, 1.82) is 10.5 Å². The highest BCUT2D eigenvalue weighted by Crippen LogP contribution is 2.42. The van der Waals surface area contributed by atoms with Crippen LogP contribution in [0.3, 0.4) is 0 Å². The molecular formula is C41H34Cl2N6O4S2. The Morgan fingerprint density at radius 2 is 1.27 bits per heavy atom. The van der Waals surface area contributed by atoms with Crippen LogP contribution in [-0.4, -0.2) is 52.6 Å². The van der Waals surface area contributed by atoms with Crippen LogP contribution in [0.25, 0.3) is 0 Å². The SMILES string of the molecule is N#C/C(C(=O)NCCNC(=O)[C@H](C#N)C[C@@H]1S[C@H](Cc2ccc(Cl)cc2)C(=O)N1c1ccccc1)=C1/S[C@@H](Cc2ccc(Cl)cc2)C(=O)N1c1ccccc1. The maximum absolute atomic E-state index is 13.7. The summed E-state index contributed by atoms with van der Waals surface area (Å²) in [4.78, 5) is 57.2. The predicted octanol–water partition coefficient (Wildman–Crippen LogP) is 6.90. The van der Waals surface area contributed by atoms with Gasteiger partial charge in [-0.15, -0.1) is 11.8 Å². The molecule has 2 N–H and O–H groups in total. The third kappa shape index (κ3) is 9.53. The molecule has 6 rings (SSSR count). The third-order valence-corrected chi connectivity index (χ3v) is 12.1. The summed E-state index contributed by atoms with van der Waals surface area (Å²) in [5, 5.41) is 25.5. The van der Waals surface area contributed by atoms with Crippen LogP contribution in [0.5, 0.6) is 0 Å². The lowest BCUT2D eigenvalue weighted by molar-refractivity contribution is -0.124. The predicted molar refractivity (Wildman–Crippen MR) is 217 cm³/mol. The monoisotopic (exact) mass is 808 g/mol. The zero-order chi connectivity index (χ0) is 38.9. The summed E-state index contributed by atoms with van der Waals surface area (Å²) >= 11 is 14.7. The lowest BCUT2D eigenvalue weighted by Crippen LogP contribution is -2.40. The number of rotatable bonds is 13. The zero-order valence-electron chi connectivity index (χ0n) is 29.2. The number of hydrogen-bond acceptors (Lipinski definition) is 8. The molecule has 55 heavy (non-hydrogen) atoms. The Kier molecular flexibility index (Phi) is 13.2. The van der Waals surface area contributed by atoms with E-state index in [1.807, 2.05) is 60.7 Å². The molecule has 0 bridgehead atoms. The minimum absolute atomic E-state index is 0.0250. The smallest absolute Gasteiger partial charge is 0.264 e. The second-order valence-electron chi connectivity index (χ2n) is 12.7. The van der Waals surface area contributed by atoms with Crippen molar-refractivity contribution in [3.8, 4) is 12.1 Å². The second-order valence-corrected chi connectivity index (χ2v) is 16.1. The van der Waals surface area contributed by atoms with E-state index >= 15 is 0 Å². The Balaban J connectivity index is 1.09. The molecule has 2 aliphatic rings. The quantitative estimate of drug-likeness (QED) is 0.0843. The van der Waals surface area contributed by atoms with Crippen LogP contribution in [0.15, 0.2) is 120 Å². The fourth-order valence-electron chi connectivity index (χ4n) is 6.25. The number of nitrogens with zero attached hydrogens (tertiary/aromatic N) is 4. The number of hydrogen-bond donors (Lipinski definition) is 2. The molecule has 2 saturated heterocycles. The van der Waals surface area contributed by atoms with Gasteiger partial charge in [-0.3, -0.25) is 29.0 Å². The number of carbonyl (C=O) groups excluding carboxylic acids is 4. The number of nitriles is 2. The maximum Gasteiger partial charge on any atom is 0.264 e. The van der Waals surface area contributed by atoms with Gasteiger partial charge in [-0.25, -0.2) is 0 Å². The van der Waals surface area contributed by atoms with Crippen LogP contribution < -0.4 is 20.4 Å². The molecule has 0 saturated carbocycles. The van der Waals surface area contributed by atoms with Crippen LogP contribution in [0.2, 0.25) is 10.0 Å². The van der Waals surface area contributed by atoms with E-state index in [2.05, 4.69) is 16.7 Å². The first-order chi connectivity index (χ1) is 26.7. The number of thioether (sulfide) groups is 2. The number of amides is 4. The summed E-state index contributed by atoms with van der Waals surface area (Å²) in [5.74, 6) is -2.71. The van der Waals surface area contributed by atoms with Gasteiger partial charge in [-0.2, -0.15) is 10.5 Å². The van der Waals surface area contributed by atoms with Crippen molar-refractivity contribution >= 4 is 81.7 Å². The lowest BCUT2D eigenvalue weighted by Gasteiger charge is -2.25. The van der Waals surface area contributed by atoms with Crippen LogP contribution in [-0.2, 0) is 32.0 Å². The summed E-state index contributed by atoms with van der Waals surface area (Å²) in [6.45, 7) is -0.0713. The average Bonchev–Trinajstić information content (AvgIpc) is 3.68. The van der Waals surface area contributed by atoms with E-state index in [1.54, 1.807) is 59.5 Å². The Hall–Kier alpha value is -5.24. The molecule has 0 spiro atoms. The van der Waals surface area contributed by atoms with Crippen LogP contribution in [0, 0.1) is 28.6 Å². The fraction of sp³-hybridized carbons (Fsp3) is 0.220. The Morgan fingerprint density at radius 3 is 1.84 bits per heavy atom. The first-order valence-corrected chi connectivity index (χ1v) is 19.9.